The Balaban J connectivity index is 2.42. The van der Waals surface area contributed by atoms with Gasteiger partial charge in [0.05, 0.1) is 6.61 Å². The van der Waals surface area contributed by atoms with Gasteiger partial charge in [-0.3, -0.25) is 0 Å². The fourth-order valence-corrected chi connectivity index (χ4v) is 4.66. The van der Waals surface area contributed by atoms with Gasteiger partial charge >= 0.3 is 5.97 Å². The highest BCUT2D eigenvalue weighted by Crippen LogP contribution is 2.32. The maximum Gasteiger partial charge on any atom is 0.371 e. The van der Waals surface area contributed by atoms with Crippen molar-refractivity contribution < 1.29 is 27.8 Å². The van der Waals surface area contributed by atoms with E-state index >= 15 is 0 Å². The SMILES string of the molecule is O=C(O)c1cc(S(=O)(=O)N2CCC[C@@H]2CO)c(Br)o1. The van der Waals surface area contributed by atoms with Crippen LogP contribution in [0.4, 0.5) is 0 Å². The molecule has 1 saturated heterocycles. The quantitative estimate of drug-likeness (QED) is 0.831. The molecule has 2 N–H and O–H groups in total. The monoisotopic (exact) mass is 353 g/mol. The van der Waals surface area contributed by atoms with E-state index in [1.807, 2.05) is 0 Å². The molecule has 0 aliphatic carbocycles. The van der Waals surface area contributed by atoms with Crippen molar-refractivity contribution in [3.63, 3.8) is 0 Å². The zero-order valence-electron chi connectivity index (χ0n) is 9.74. The zero-order chi connectivity index (χ0) is 14.2. The normalized spacial score (nSPS) is 20.8. The lowest BCUT2D eigenvalue weighted by atomic mass is 10.2. The van der Waals surface area contributed by atoms with E-state index in [1.165, 1.54) is 4.31 Å². The number of hydrogen-bond donors (Lipinski definition) is 2. The van der Waals surface area contributed by atoms with E-state index in [0.29, 0.717) is 19.4 Å². The van der Waals surface area contributed by atoms with Gasteiger partial charge in [-0.05, 0) is 28.8 Å². The second-order valence-corrected chi connectivity index (χ2v) is 6.73. The first-order valence-corrected chi connectivity index (χ1v) is 7.76. The van der Waals surface area contributed by atoms with Crippen molar-refractivity contribution in [2.45, 2.75) is 23.8 Å². The largest absolute Gasteiger partial charge is 0.475 e. The minimum absolute atomic E-state index is 0.145. The van der Waals surface area contributed by atoms with E-state index in [-0.39, 0.29) is 16.2 Å². The Morgan fingerprint density at radius 3 is 2.79 bits per heavy atom. The molecule has 9 heteroatoms. The Morgan fingerprint density at radius 2 is 2.26 bits per heavy atom. The molecule has 1 fully saturated rings. The highest BCUT2D eigenvalue weighted by molar-refractivity contribution is 9.10. The summed E-state index contributed by atoms with van der Waals surface area (Å²) in [5.74, 6) is -1.80. The minimum atomic E-state index is -3.87. The number of furan rings is 1. The fourth-order valence-electron chi connectivity index (χ4n) is 2.07. The molecule has 0 radical (unpaired) electrons. The van der Waals surface area contributed by atoms with Crippen LogP contribution in [0.25, 0.3) is 0 Å². The van der Waals surface area contributed by atoms with Gasteiger partial charge in [-0.25, -0.2) is 13.2 Å². The first kappa shape index (κ1) is 14.5. The highest BCUT2D eigenvalue weighted by Gasteiger charge is 2.37. The summed E-state index contributed by atoms with van der Waals surface area (Å²) in [6, 6.07) is 0.495. The Bertz CT molecular complexity index is 595. The summed E-state index contributed by atoms with van der Waals surface area (Å²) in [5, 5.41) is 18.0. The Kier molecular flexibility index (Phi) is 4.00. The van der Waals surface area contributed by atoms with Crippen molar-refractivity contribution in [2.24, 2.45) is 0 Å². The van der Waals surface area contributed by atoms with Gasteiger partial charge in [0.1, 0.15) is 4.90 Å². The van der Waals surface area contributed by atoms with Gasteiger partial charge in [-0.15, -0.1) is 0 Å². The van der Waals surface area contributed by atoms with Crippen LogP contribution in [0.15, 0.2) is 20.0 Å². The average Bonchev–Trinajstić information content (AvgIpc) is 2.94. The molecular formula is C10H12BrNO6S. The molecule has 0 unspecified atom stereocenters. The number of nitrogens with zero attached hydrogens (tertiary/aromatic N) is 1. The molecule has 1 aromatic heterocycles. The zero-order valence-corrected chi connectivity index (χ0v) is 12.1. The number of halogens is 1. The van der Waals surface area contributed by atoms with Crippen LogP contribution in [0.2, 0.25) is 0 Å². The van der Waals surface area contributed by atoms with Crippen molar-refractivity contribution in [2.75, 3.05) is 13.2 Å². The standard InChI is InChI=1S/C10H12BrNO6S/c11-9-8(4-7(18-9)10(14)15)19(16,17)12-3-1-2-6(12)5-13/h4,6,13H,1-3,5H2,(H,14,15)/t6-/m1/s1. The molecular weight excluding hydrogens is 342 g/mol. The van der Waals surface area contributed by atoms with Crippen molar-refractivity contribution >= 4 is 31.9 Å². The molecule has 7 nitrogen and oxygen atoms in total. The number of hydrogen-bond acceptors (Lipinski definition) is 5. The van der Waals surface area contributed by atoms with E-state index in [0.717, 1.165) is 6.07 Å². The molecule has 0 amide bonds. The number of aliphatic hydroxyl groups is 1. The molecule has 19 heavy (non-hydrogen) atoms. The van der Waals surface area contributed by atoms with Gasteiger partial charge in [0.15, 0.2) is 4.67 Å². The highest BCUT2D eigenvalue weighted by atomic mass is 79.9. The van der Waals surface area contributed by atoms with Gasteiger partial charge in [-0.2, -0.15) is 4.31 Å². The first-order valence-electron chi connectivity index (χ1n) is 5.53. The summed E-state index contributed by atoms with van der Waals surface area (Å²) < 4.78 is 30.7. The van der Waals surface area contributed by atoms with Gasteiger partial charge in [0.25, 0.3) is 0 Å². The number of sulfonamides is 1. The molecule has 1 atom stereocenters. The third kappa shape index (κ3) is 2.55. The third-order valence-electron chi connectivity index (χ3n) is 2.99. The van der Waals surface area contributed by atoms with Crippen molar-refractivity contribution in [1.29, 1.82) is 0 Å². The lowest BCUT2D eigenvalue weighted by Gasteiger charge is -2.21. The summed E-state index contributed by atoms with van der Waals surface area (Å²) in [5.41, 5.74) is 0. The number of carbonyl (C=O) groups is 1. The van der Waals surface area contributed by atoms with Crippen LogP contribution in [0, 0.1) is 0 Å². The van der Waals surface area contributed by atoms with Crippen LogP contribution in [0.3, 0.4) is 0 Å². The number of rotatable bonds is 4. The van der Waals surface area contributed by atoms with Crippen molar-refractivity contribution in [1.82, 2.24) is 4.31 Å². The van der Waals surface area contributed by atoms with Gasteiger partial charge < -0.3 is 14.6 Å². The van der Waals surface area contributed by atoms with Crippen LogP contribution >= 0.6 is 15.9 Å². The van der Waals surface area contributed by atoms with Gasteiger partial charge in [0.2, 0.25) is 15.8 Å². The Hall–Kier alpha value is -0.900. The van der Waals surface area contributed by atoms with Crippen molar-refractivity contribution in [3.05, 3.63) is 16.5 Å². The molecule has 1 aliphatic heterocycles. The van der Waals surface area contributed by atoms with Crippen molar-refractivity contribution in [3.8, 4) is 0 Å². The molecule has 0 aromatic carbocycles. The van der Waals surface area contributed by atoms with Gasteiger partial charge in [-0.1, -0.05) is 0 Å². The second kappa shape index (κ2) is 5.23. The predicted octanol–water partition coefficient (Wildman–Crippen LogP) is 0.886. The summed E-state index contributed by atoms with van der Waals surface area (Å²) in [6.45, 7) is 0.0358. The maximum absolute atomic E-state index is 12.4. The predicted molar refractivity (Wildman–Crippen MR) is 67.4 cm³/mol. The van der Waals surface area contributed by atoms with Crippen LogP contribution in [-0.2, 0) is 10.0 Å². The molecule has 0 bridgehead atoms. The van der Waals surface area contributed by atoms with Crippen LogP contribution < -0.4 is 0 Å². The number of aliphatic hydroxyl groups excluding tert-OH is 1. The molecule has 1 aromatic rings. The van der Waals surface area contributed by atoms with E-state index in [4.69, 9.17) is 9.52 Å². The van der Waals surface area contributed by atoms with Crippen LogP contribution in [0.1, 0.15) is 23.4 Å². The number of carboxylic acids is 1. The van der Waals surface area contributed by atoms with E-state index in [2.05, 4.69) is 15.9 Å². The smallest absolute Gasteiger partial charge is 0.371 e. The summed E-state index contributed by atoms with van der Waals surface area (Å²) in [7, 11) is -3.87. The fraction of sp³-hybridized carbons (Fsp3) is 0.500. The topological polar surface area (TPSA) is 108 Å². The average molecular weight is 354 g/mol. The molecule has 1 aliphatic rings. The Morgan fingerprint density at radius 1 is 1.58 bits per heavy atom. The summed E-state index contributed by atoms with van der Waals surface area (Å²) in [4.78, 5) is 10.5. The summed E-state index contributed by atoms with van der Waals surface area (Å²) in [6.07, 6.45) is 1.24. The third-order valence-corrected chi connectivity index (χ3v) is 5.80. The lowest BCUT2D eigenvalue weighted by molar-refractivity contribution is 0.0661. The lowest BCUT2D eigenvalue weighted by Crippen LogP contribution is -2.37. The first-order chi connectivity index (χ1) is 8.87. The van der Waals surface area contributed by atoms with E-state index in [9.17, 15) is 18.3 Å². The molecule has 0 saturated carbocycles. The molecule has 106 valence electrons. The van der Waals surface area contributed by atoms with E-state index < -0.39 is 27.8 Å². The van der Waals surface area contributed by atoms with Crippen LogP contribution in [-0.4, -0.2) is 48.1 Å². The number of carboxylic acid groups (broad SMARTS) is 1. The summed E-state index contributed by atoms with van der Waals surface area (Å²) >= 11 is 2.91. The van der Waals surface area contributed by atoms with E-state index in [1.54, 1.807) is 0 Å². The second-order valence-electron chi connectivity index (χ2n) is 4.15. The number of aromatic carboxylic acids is 1. The Labute approximate surface area is 118 Å². The molecule has 2 heterocycles. The molecule has 2 rings (SSSR count). The van der Waals surface area contributed by atoms with Gasteiger partial charge in [0, 0.05) is 18.7 Å². The molecule has 0 spiro atoms. The maximum atomic E-state index is 12.4. The van der Waals surface area contributed by atoms with Crippen LogP contribution in [0.5, 0.6) is 0 Å². The minimum Gasteiger partial charge on any atom is -0.475 e.